The van der Waals surface area contributed by atoms with E-state index in [-0.39, 0.29) is 74.8 Å². The lowest BCUT2D eigenvalue weighted by Crippen LogP contribution is -2.50. The van der Waals surface area contributed by atoms with Crippen molar-refractivity contribution in [3.05, 3.63) is 81.6 Å². The maximum atomic E-state index is 13.0. The monoisotopic (exact) mass is 847 g/mol. The normalized spacial score (nSPS) is 19.6. The van der Waals surface area contributed by atoms with Crippen LogP contribution in [0.25, 0.3) is 21.5 Å². The molecule has 1 aliphatic carbocycles. The van der Waals surface area contributed by atoms with Gasteiger partial charge in [-0.05, 0) is 92.9 Å². The fourth-order valence-corrected chi connectivity index (χ4v) is 7.88. The van der Waals surface area contributed by atoms with Gasteiger partial charge in [-0.15, -0.1) is 12.4 Å². The van der Waals surface area contributed by atoms with Gasteiger partial charge in [-0.3, -0.25) is 34.1 Å². The van der Waals surface area contributed by atoms with Crippen molar-refractivity contribution < 1.29 is 28.7 Å². The number of amides is 3. The number of ether oxygens (including phenoxy) is 1. The largest absolute Gasteiger partial charge is 0.444 e. The highest BCUT2D eigenvalue weighted by Gasteiger charge is 2.31. The van der Waals surface area contributed by atoms with Gasteiger partial charge in [0.1, 0.15) is 17.4 Å². The molecule has 4 fully saturated rings. The van der Waals surface area contributed by atoms with Crippen LogP contribution in [-0.2, 0) is 23.9 Å². The highest BCUT2D eigenvalue weighted by atomic mass is 35.5. The maximum Gasteiger partial charge on any atom is 0.410 e. The maximum absolute atomic E-state index is 13.0. The summed E-state index contributed by atoms with van der Waals surface area (Å²) in [5, 5.41) is 8.44. The molecule has 3 aliphatic heterocycles. The van der Waals surface area contributed by atoms with Crippen molar-refractivity contribution in [1.82, 2.24) is 24.7 Å². The summed E-state index contributed by atoms with van der Waals surface area (Å²) in [5.41, 5.74) is 1.16. The molecule has 2 unspecified atom stereocenters. The Labute approximate surface area is 356 Å². The summed E-state index contributed by atoms with van der Waals surface area (Å²) in [5.74, 6) is -0.940. The van der Waals surface area contributed by atoms with Crippen molar-refractivity contribution >= 4 is 74.8 Å². The Morgan fingerprint density at radius 3 is 1.72 bits per heavy atom. The molecule has 1 saturated carbocycles. The number of imide groups is 1. The first-order valence-corrected chi connectivity index (χ1v) is 19.6. The number of hydrogen-bond donors (Lipinski definition) is 2. The van der Waals surface area contributed by atoms with Gasteiger partial charge in [0.05, 0.1) is 12.5 Å². The van der Waals surface area contributed by atoms with Gasteiger partial charge in [0.25, 0.3) is 11.1 Å². The molecule has 60 heavy (non-hydrogen) atoms. The minimum Gasteiger partial charge on any atom is -0.444 e. The Morgan fingerprint density at radius 1 is 0.683 bits per heavy atom. The van der Waals surface area contributed by atoms with E-state index in [1.54, 1.807) is 23.4 Å². The van der Waals surface area contributed by atoms with Crippen molar-refractivity contribution in [2.75, 3.05) is 62.2 Å². The zero-order valence-electron chi connectivity index (χ0n) is 33.0. The molecule has 2 aromatic carbocycles. The molecular formula is C44H58ClN7O8. The number of nitrogens with zero attached hydrogens (tertiary/aromatic N) is 5. The Morgan fingerprint density at radius 2 is 1.20 bits per heavy atom. The number of nitrogens with one attached hydrogen (secondary N) is 2. The number of fused-ring (bicyclic) bond motifs is 2. The third-order valence-electron chi connectivity index (χ3n) is 10.9. The van der Waals surface area contributed by atoms with E-state index in [0.29, 0.717) is 56.2 Å². The zero-order chi connectivity index (χ0) is 40.4. The van der Waals surface area contributed by atoms with Crippen LogP contribution < -0.4 is 31.6 Å². The molecule has 4 aromatic rings. The SMILES string of the molecule is C.C.CC(C)(C)OC(=O)N1CCN(c2ccc3c(=O)n(C4CCC(=O)CC4=O)ccc3c2)CC1.Cl.O=C1CCC(n2ccc3cc(N4CCNCC4)ccc3c2=O)C(=O)N1. The summed E-state index contributed by atoms with van der Waals surface area (Å²) in [4.78, 5) is 91.5. The number of carbonyl (C=O) groups is 5. The first-order valence-electron chi connectivity index (χ1n) is 19.6. The molecule has 2 aromatic heterocycles. The van der Waals surface area contributed by atoms with Gasteiger partial charge in [-0.1, -0.05) is 14.9 Å². The molecular weight excluding hydrogens is 790 g/mol. The number of halogens is 1. The predicted molar refractivity (Wildman–Crippen MR) is 237 cm³/mol. The number of Topliss-reactive ketones (excluding diaryl/α,β-unsaturated/α-hetero) is 2. The van der Waals surface area contributed by atoms with Crippen LogP contribution in [0, 0.1) is 0 Å². The smallest absolute Gasteiger partial charge is 0.410 e. The number of aromatic nitrogens is 2. The lowest BCUT2D eigenvalue weighted by atomic mass is 9.92. The third-order valence-corrected chi connectivity index (χ3v) is 10.9. The molecule has 0 bridgehead atoms. The van der Waals surface area contributed by atoms with E-state index < -0.39 is 23.6 Å². The highest BCUT2D eigenvalue weighted by molar-refractivity contribution is 6.03. The molecule has 15 nitrogen and oxygen atoms in total. The van der Waals surface area contributed by atoms with Crippen LogP contribution in [0.4, 0.5) is 16.2 Å². The minimum absolute atomic E-state index is 0. The van der Waals surface area contributed by atoms with Gasteiger partial charge in [-0.25, -0.2) is 4.79 Å². The van der Waals surface area contributed by atoms with Crippen LogP contribution in [0.5, 0.6) is 0 Å². The summed E-state index contributed by atoms with van der Waals surface area (Å²) in [6.07, 6.45) is 4.24. The zero-order valence-corrected chi connectivity index (χ0v) is 33.8. The van der Waals surface area contributed by atoms with E-state index in [4.69, 9.17) is 4.74 Å². The van der Waals surface area contributed by atoms with E-state index in [2.05, 4.69) is 20.4 Å². The molecule has 2 N–H and O–H groups in total. The second-order valence-electron chi connectivity index (χ2n) is 16.0. The third kappa shape index (κ3) is 10.4. The summed E-state index contributed by atoms with van der Waals surface area (Å²) in [6.45, 7) is 11.8. The topological polar surface area (TPSA) is 172 Å². The second-order valence-corrected chi connectivity index (χ2v) is 16.0. The van der Waals surface area contributed by atoms with E-state index in [1.807, 2.05) is 63.2 Å². The highest BCUT2D eigenvalue weighted by Crippen LogP contribution is 2.27. The Hall–Kier alpha value is -5.54. The summed E-state index contributed by atoms with van der Waals surface area (Å²) in [7, 11) is 0. The number of piperidine rings is 1. The van der Waals surface area contributed by atoms with E-state index in [9.17, 15) is 33.6 Å². The Balaban J connectivity index is 0.000000258. The van der Waals surface area contributed by atoms with Crippen molar-refractivity contribution in [3.8, 4) is 0 Å². The molecule has 0 radical (unpaired) electrons. The van der Waals surface area contributed by atoms with E-state index in [0.717, 1.165) is 48.3 Å². The van der Waals surface area contributed by atoms with Gasteiger partial charge in [0.15, 0.2) is 5.78 Å². The first kappa shape index (κ1) is 47.1. The van der Waals surface area contributed by atoms with Crippen molar-refractivity contribution in [2.45, 2.75) is 85.4 Å². The van der Waals surface area contributed by atoms with E-state index in [1.165, 1.54) is 9.13 Å². The number of pyridine rings is 2. The van der Waals surface area contributed by atoms with Crippen LogP contribution in [0.1, 0.15) is 79.8 Å². The number of benzene rings is 2. The van der Waals surface area contributed by atoms with Crippen LogP contribution in [0.3, 0.4) is 0 Å². The molecule has 4 aliphatic rings. The molecule has 5 heterocycles. The van der Waals surface area contributed by atoms with Gasteiger partial charge < -0.3 is 33.9 Å². The molecule has 324 valence electrons. The van der Waals surface area contributed by atoms with Crippen LogP contribution in [0.15, 0.2) is 70.5 Å². The predicted octanol–water partition coefficient (Wildman–Crippen LogP) is 5.00. The molecule has 16 heteroatoms. The van der Waals surface area contributed by atoms with E-state index >= 15 is 0 Å². The van der Waals surface area contributed by atoms with Gasteiger partial charge in [0, 0.05) is 99.7 Å². The number of anilines is 2. The molecule has 2 atom stereocenters. The van der Waals surface area contributed by atoms with Crippen LogP contribution in [-0.4, -0.2) is 101 Å². The lowest BCUT2D eigenvalue weighted by molar-refractivity contribution is -0.136. The fourth-order valence-electron chi connectivity index (χ4n) is 7.88. The Kier molecular flexibility index (Phi) is 15.5. The minimum atomic E-state index is -0.623. The standard InChI is InChI=1S/C24H29N3O5.C18H20N4O3.2CH4.ClH/c1-24(2,3)32-23(31)26-12-10-25(11-13-26)17-4-6-19-16(14-17)8-9-27(22(19)30)20-7-5-18(28)15-21(20)29;23-16-4-3-15(17(24)20-16)22-8-5-12-11-13(1-2-14(12)18(22)25)21-9-6-19-7-10-21;;;/h4,6,8-9,14,20H,5,7,10-13,15H2,1-3H3;1-2,5,8,11,15,19H,3-4,6-7,9-10H2,(H,20,23,24);2*1H4;1H. The quantitative estimate of drug-likeness (QED) is 0.209. The summed E-state index contributed by atoms with van der Waals surface area (Å²) >= 11 is 0. The second kappa shape index (κ2) is 19.7. The number of rotatable bonds is 4. The average molecular weight is 848 g/mol. The molecule has 8 rings (SSSR count). The summed E-state index contributed by atoms with van der Waals surface area (Å²) in [6, 6.07) is 14.0. The van der Waals surface area contributed by atoms with Crippen molar-refractivity contribution in [1.29, 1.82) is 0 Å². The average Bonchev–Trinajstić information content (AvgIpc) is 3.19. The molecule has 3 amide bonds. The van der Waals surface area contributed by atoms with Gasteiger partial charge in [0.2, 0.25) is 11.8 Å². The van der Waals surface area contributed by atoms with Crippen LogP contribution in [0.2, 0.25) is 0 Å². The number of carbonyl (C=O) groups excluding carboxylic acids is 5. The van der Waals surface area contributed by atoms with Crippen LogP contribution >= 0.6 is 12.4 Å². The number of piperazine rings is 2. The lowest BCUT2D eigenvalue weighted by Gasteiger charge is -2.36. The Bertz CT molecular complexity index is 2360. The van der Waals surface area contributed by atoms with Crippen molar-refractivity contribution in [3.63, 3.8) is 0 Å². The van der Waals surface area contributed by atoms with Crippen molar-refractivity contribution in [2.24, 2.45) is 0 Å². The molecule has 0 spiro atoms. The summed E-state index contributed by atoms with van der Waals surface area (Å²) < 4.78 is 8.36. The van der Waals surface area contributed by atoms with Gasteiger partial charge >= 0.3 is 6.09 Å². The molecule has 3 saturated heterocycles. The number of hydrogen-bond acceptors (Lipinski definition) is 11. The number of ketones is 2. The fraction of sp³-hybridized carbons (Fsp3) is 0.477. The van der Waals surface area contributed by atoms with Gasteiger partial charge in [-0.2, -0.15) is 0 Å². The first-order chi connectivity index (χ1) is 27.3.